The molecule has 1 saturated heterocycles. The summed E-state index contributed by atoms with van der Waals surface area (Å²) in [5, 5.41) is 14.1. The van der Waals surface area contributed by atoms with Crippen LogP contribution in [-0.4, -0.2) is 57.8 Å². The zero-order valence-corrected chi connectivity index (χ0v) is 11.6. The molecular formula is C12H22N6O. The molecule has 2 heterocycles. The van der Waals surface area contributed by atoms with Crippen molar-refractivity contribution in [2.24, 2.45) is 0 Å². The van der Waals surface area contributed by atoms with Crippen molar-refractivity contribution in [1.82, 2.24) is 30.3 Å². The lowest BCUT2D eigenvalue weighted by molar-refractivity contribution is -0.126. The Labute approximate surface area is 113 Å². The summed E-state index contributed by atoms with van der Waals surface area (Å²) in [7, 11) is 0. The number of piperazine rings is 1. The van der Waals surface area contributed by atoms with Gasteiger partial charge in [0.05, 0.1) is 12.6 Å². The van der Waals surface area contributed by atoms with E-state index in [9.17, 15) is 4.79 Å². The van der Waals surface area contributed by atoms with Gasteiger partial charge in [0.25, 0.3) is 0 Å². The summed E-state index contributed by atoms with van der Waals surface area (Å²) < 4.78 is 1.93. The van der Waals surface area contributed by atoms with Crippen molar-refractivity contribution in [1.29, 1.82) is 0 Å². The monoisotopic (exact) mass is 266 g/mol. The normalized spacial score (nSPS) is 18.2. The van der Waals surface area contributed by atoms with Gasteiger partial charge in [0.1, 0.15) is 6.33 Å². The fourth-order valence-electron chi connectivity index (χ4n) is 2.23. The maximum absolute atomic E-state index is 12.1. The van der Waals surface area contributed by atoms with Crippen LogP contribution in [-0.2, 0) is 17.9 Å². The number of aryl methyl sites for hydroxylation is 1. The first-order chi connectivity index (χ1) is 9.22. The smallest absolute Gasteiger partial charge is 0.237 e. The third-order valence-corrected chi connectivity index (χ3v) is 3.54. The molecule has 2 rings (SSSR count). The number of hydrogen-bond acceptors (Lipinski definition) is 5. The van der Waals surface area contributed by atoms with Gasteiger partial charge in [-0.3, -0.25) is 9.69 Å². The molecule has 0 aromatic carbocycles. The van der Waals surface area contributed by atoms with Crippen LogP contribution in [0.2, 0.25) is 0 Å². The Balaban J connectivity index is 1.83. The molecule has 0 radical (unpaired) electrons. The van der Waals surface area contributed by atoms with E-state index in [1.807, 2.05) is 18.4 Å². The van der Waals surface area contributed by atoms with E-state index >= 15 is 0 Å². The van der Waals surface area contributed by atoms with Crippen molar-refractivity contribution >= 4 is 5.91 Å². The van der Waals surface area contributed by atoms with Gasteiger partial charge in [0.2, 0.25) is 5.91 Å². The average Bonchev–Trinajstić information content (AvgIpc) is 2.92. The quantitative estimate of drug-likeness (QED) is 0.730. The Morgan fingerprint density at radius 3 is 2.95 bits per heavy atom. The Hall–Kier alpha value is -1.47. The van der Waals surface area contributed by atoms with Gasteiger partial charge in [-0.2, -0.15) is 0 Å². The third-order valence-electron chi connectivity index (χ3n) is 3.54. The van der Waals surface area contributed by atoms with E-state index in [2.05, 4.69) is 25.7 Å². The number of nitrogens with zero attached hydrogens (tertiary/aromatic N) is 4. The van der Waals surface area contributed by atoms with Crippen LogP contribution in [0.3, 0.4) is 0 Å². The molecule has 7 heteroatoms. The van der Waals surface area contributed by atoms with Crippen molar-refractivity contribution in [3.8, 4) is 0 Å². The maximum atomic E-state index is 12.1. The van der Waals surface area contributed by atoms with E-state index < -0.39 is 0 Å². The zero-order valence-electron chi connectivity index (χ0n) is 11.6. The molecule has 1 fully saturated rings. The van der Waals surface area contributed by atoms with Crippen LogP contribution in [0.5, 0.6) is 0 Å². The van der Waals surface area contributed by atoms with Crippen molar-refractivity contribution in [3.63, 3.8) is 0 Å². The number of nitrogens with one attached hydrogen (secondary N) is 2. The van der Waals surface area contributed by atoms with Gasteiger partial charge >= 0.3 is 0 Å². The van der Waals surface area contributed by atoms with E-state index in [0.717, 1.165) is 38.5 Å². The Kier molecular flexibility index (Phi) is 4.86. The van der Waals surface area contributed by atoms with E-state index in [4.69, 9.17) is 0 Å². The molecule has 106 valence electrons. The van der Waals surface area contributed by atoms with Crippen LogP contribution in [0.15, 0.2) is 6.33 Å². The topological polar surface area (TPSA) is 75.1 Å². The number of aromatic nitrogens is 3. The van der Waals surface area contributed by atoms with Crippen molar-refractivity contribution in [2.45, 2.75) is 33.0 Å². The second-order valence-electron chi connectivity index (χ2n) is 4.71. The van der Waals surface area contributed by atoms with Crippen LogP contribution < -0.4 is 10.6 Å². The minimum Gasteiger partial charge on any atom is -0.347 e. The summed E-state index contributed by atoms with van der Waals surface area (Å²) in [5.74, 6) is 0.843. The Bertz CT molecular complexity index is 412. The average molecular weight is 266 g/mol. The first-order valence-electron chi connectivity index (χ1n) is 6.81. The molecule has 19 heavy (non-hydrogen) atoms. The molecule has 7 nitrogen and oxygen atoms in total. The summed E-state index contributed by atoms with van der Waals surface area (Å²) >= 11 is 0. The van der Waals surface area contributed by atoms with E-state index in [1.165, 1.54) is 0 Å². The molecule has 1 amide bonds. The van der Waals surface area contributed by atoms with Gasteiger partial charge in [0, 0.05) is 32.7 Å². The lowest BCUT2D eigenvalue weighted by atomic mass is 10.2. The number of amides is 1. The lowest BCUT2D eigenvalue weighted by Crippen LogP contribution is -2.52. The van der Waals surface area contributed by atoms with Gasteiger partial charge in [-0.1, -0.05) is 0 Å². The summed E-state index contributed by atoms with van der Waals surface area (Å²) in [6, 6.07) is -0.0971. The molecule has 0 spiro atoms. The molecule has 0 aliphatic carbocycles. The fourth-order valence-corrected chi connectivity index (χ4v) is 2.23. The zero-order chi connectivity index (χ0) is 13.7. The Morgan fingerprint density at radius 1 is 1.53 bits per heavy atom. The summed E-state index contributed by atoms with van der Waals surface area (Å²) in [6.45, 7) is 8.95. The standard InChI is InChI=1S/C12H22N6O/c1-3-17-9-15-16-11(17)8-14-12(19)10(2)18-6-4-13-5-7-18/h9-10,13H,3-8H2,1-2H3,(H,14,19). The number of rotatable bonds is 5. The molecular weight excluding hydrogens is 244 g/mol. The van der Waals surface area contributed by atoms with E-state index in [0.29, 0.717) is 6.54 Å². The molecule has 1 aliphatic rings. The second-order valence-corrected chi connectivity index (χ2v) is 4.71. The van der Waals surface area contributed by atoms with E-state index in [1.54, 1.807) is 6.33 Å². The minimum absolute atomic E-state index is 0.0487. The highest BCUT2D eigenvalue weighted by molar-refractivity contribution is 5.81. The highest BCUT2D eigenvalue weighted by Crippen LogP contribution is 2.02. The molecule has 1 aromatic heterocycles. The second kappa shape index (κ2) is 6.63. The first-order valence-corrected chi connectivity index (χ1v) is 6.81. The van der Waals surface area contributed by atoms with Crippen molar-refractivity contribution < 1.29 is 4.79 Å². The summed E-state index contributed by atoms with van der Waals surface area (Å²) in [5.41, 5.74) is 0. The highest BCUT2D eigenvalue weighted by atomic mass is 16.2. The van der Waals surface area contributed by atoms with Crippen LogP contribution in [0, 0.1) is 0 Å². The molecule has 0 bridgehead atoms. The number of carbonyl (C=O) groups excluding carboxylic acids is 1. The molecule has 1 unspecified atom stereocenters. The van der Waals surface area contributed by atoms with Crippen LogP contribution >= 0.6 is 0 Å². The molecule has 1 aromatic rings. The van der Waals surface area contributed by atoms with Gasteiger partial charge in [0.15, 0.2) is 5.82 Å². The number of hydrogen-bond donors (Lipinski definition) is 2. The maximum Gasteiger partial charge on any atom is 0.237 e. The fraction of sp³-hybridized carbons (Fsp3) is 0.750. The van der Waals surface area contributed by atoms with Crippen LogP contribution in [0.25, 0.3) is 0 Å². The van der Waals surface area contributed by atoms with Gasteiger partial charge < -0.3 is 15.2 Å². The van der Waals surface area contributed by atoms with Gasteiger partial charge in [-0.05, 0) is 13.8 Å². The highest BCUT2D eigenvalue weighted by Gasteiger charge is 2.22. The summed E-state index contributed by atoms with van der Waals surface area (Å²) in [4.78, 5) is 14.3. The molecule has 2 N–H and O–H groups in total. The Morgan fingerprint density at radius 2 is 2.26 bits per heavy atom. The molecule has 1 aliphatic heterocycles. The first kappa shape index (κ1) is 14.0. The molecule has 0 saturated carbocycles. The van der Waals surface area contributed by atoms with E-state index in [-0.39, 0.29) is 11.9 Å². The van der Waals surface area contributed by atoms with Gasteiger partial charge in [-0.25, -0.2) is 0 Å². The summed E-state index contributed by atoms with van der Waals surface area (Å²) in [6.07, 6.45) is 1.68. The van der Waals surface area contributed by atoms with Crippen LogP contribution in [0.1, 0.15) is 19.7 Å². The van der Waals surface area contributed by atoms with Crippen molar-refractivity contribution in [2.75, 3.05) is 26.2 Å². The predicted octanol–water partition coefficient (Wildman–Crippen LogP) is -0.792. The SMILES string of the molecule is CCn1cnnc1CNC(=O)C(C)N1CCNCC1. The van der Waals surface area contributed by atoms with Gasteiger partial charge in [-0.15, -0.1) is 10.2 Å². The largest absolute Gasteiger partial charge is 0.347 e. The van der Waals surface area contributed by atoms with Crippen LogP contribution in [0.4, 0.5) is 0 Å². The lowest BCUT2D eigenvalue weighted by Gasteiger charge is -2.31. The molecule has 1 atom stereocenters. The van der Waals surface area contributed by atoms with Crippen molar-refractivity contribution in [3.05, 3.63) is 12.2 Å². The predicted molar refractivity (Wildman–Crippen MR) is 71.4 cm³/mol. The minimum atomic E-state index is -0.0971. The third kappa shape index (κ3) is 3.51. The number of carbonyl (C=O) groups is 1.